The molecule has 2 rings (SSSR count). The van der Waals surface area contributed by atoms with Crippen LogP contribution in [0.25, 0.3) is 0 Å². The summed E-state index contributed by atoms with van der Waals surface area (Å²) in [7, 11) is -4.26. The molecule has 1 aromatic carbocycles. The lowest BCUT2D eigenvalue weighted by Crippen LogP contribution is -2.51. The standard InChI is InChI=1S/C14H19F3N2O2S.ClH/c15-14(16,17)11-6-2-3-7-12(11)22(20,21)19-10-13(18)8-4-1-5-9-13;/h2-3,6-7,19H,1,4-5,8-10,18H2;1H. The normalized spacial score (nSPS) is 18.3. The maximum atomic E-state index is 12.9. The predicted octanol–water partition coefficient (Wildman–Crippen LogP) is 3.07. The fraction of sp³-hybridized carbons (Fsp3) is 0.571. The number of nitrogens with two attached hydrogens (primary N) is 1. The molecule has 0 unspecified atom stereocenters. The smallest absolute Gasteiger partial charge is 0.324 e. The zero-order valence-electron chi connectivity index (χ0n) is 12.4. The highest BCUT2D eigenvalue weighted by molar-refractivity contribution is 7.89. The van der Waals surface area contributed by atoms with Crippen LogP contribution in [0.5, 0.6) is 0 Å². The van der Waals surface area contributed by atoms with E-state index in [0.29, 0.717) is 12.8 Å². The van der Waals surface area contributed by atoms with Gasteiger partial charge < -0.3 is 5.73 Å². The number of benzene rings is 1. The molecule has 0 heterocycles. The van der Waals surface area contributed by atoms with Crippen molar-refractivity contribution < 1.29 is 21.6 Å². The Morgan fingerprint density at radius 3 is 2.26 bits per heavy atom. The van der Waals surface area contributed by atoms with Crippen molar-refractivity contribution in [3.05, 3.63) is 29.8 Å². The van der Waals surface area contributed by atoms with Gasteiger partial charge in [0.2, 0.25) is 10.0 Å². The second kappa shape index (κ2) is 7.38. The molecule has 1 fully saturated rings. The van der Waals surface area contributed by atoms with Crippen molar-refractivity contribution in [2.45, 2.75) is 48.7 Å². The summed E-state index contributed by atoms with van der Waals surface area (Å²) in [5, 5.41) is 0. The topological polar surface area (TPSA) is 72.2 Å². The molecule has 1 aliphatic carbocycles. The van der Waals surface area contributed by atoms with E-state index in [1.807, 2.05) is 0 Å². The maximum absolute atomic E-state index is 12.9. The van der Waals surface area contributed by atoms with Crippen LogP contribution in [-0.4, -0.2) is 20.5 Å². The van der Waals surface area contributed by atoms with Gasteiger partial charge in [-0.15, -0.1) is 12.4 Å². The molecular formula is C14H20ClF3N2O2S. The lowest BCUT2D eigenvalue weighted by Gasteiger charge is -2.33. The Kier molecular flexibility index (Phi) is 6.48. The number of nitrogens with one attached hydrogen (secondary N) is 1. The van der Waals surface area contributed by atoms with Gasteiger partial charge in [0.25, 0.3) is 0 Å². The zero-order valence-corrected chi connectivity index (χ0v) is 14.0. The molecule has 23 heavy (non-hydrogen) atoms. The zero-order chi connectivity index (χ0) is 16.4. The Balaban J connectivity index is 0.00000264. The quantitative estimate of drug-likeness (QED) is 0.853. The number of rotatable bonds is 4. The minimum atomic E-state index is -4.73. The molecule has 1 saturated carbocycles. The first-order chi connectivity index (χ1) is 10.1. The van der Waals surface area contributed by atoms with Gasteiger partial charge in [-0.2, -0.15) is 13.2 Å². The lowest BCUT2D eigenvalue weighted by atomic mass is 9.83. The maximum Gasteiger partial charge on any atom is 0.417 e. The molecule has 0 amide bonds. The highest BCUT2D eigenvalue weighted by Gasteiger charge is 2.37. The Bertz CT molecular complexity index is 629. The van der Waals surface area contributed by atoms with E-state index in [1.165, 1.54) is 6.07 Å². The van der Waals surface area contributed by atoms with Crippen LogP contribution >= 0.6 is 12.4 Å². The van der Waals surface area contributed by atoms with Crippen molar-refractivity contribution in [1.82, 2.24) is 4.72 Å². The predicted molar refractivity (Wildman–Crippen MR) is 83.9 cm³/mol. The molecule has 9 heteroatoms. The van der Waals surface area contributed by atoms with Gasteiger partial charge in [0.05, 0.1) is 10.5 Å². The van der Waals surface area contributed by atoms with Crippen LogP contribution < -0.4 is 10.5 Å². The third kappa shape index (κ3) is 5.07. The number of sulfonamides is 1. The second-order valence-electron chi connectivity index (χ2n) is 5.74. The molecule has 0 aromatic heterocycles. The molecule has 0 spiro atoms. The molecular weight excluding hydrogens is 353 g/mol. The third-order valence-electron chi connectivity index (χ3n) is 3.95. The van der Waals surface area contributed by atoms with Crippen LogP contribution in [0.1, 0.15) is 37.7 Å². The van der Waals surface area contributed by atoms with Gasteiger partial charge in [-0.25, -0.2) is 13.1 Å². The van der Waals surface area contributed by atoms with Gasteiger partial charge in [0, 0.05) is 12.1 Å². The fourth-order valence-electron chi connectivity index (χ4n) is 2.68. The van der Waals surface area contributed by atoms with E-state index in [2.05, 4.69) is 4.72 Å². The SMILES string of the molecule is Cl.NC1(CNS(=O)(=O)c2ccccc2C(F)(F)F)CCCCC1. The summed E-state index contributed by atoms with van der Waals surface area (Å²) in [6, 6.07) is 4.14. The summed E-state index contributed by atoms with van der Waals surface area (Å²) in [6.07, 6.45) is -0.555. The van der Waals surface area contributed by atoms with E-state index < -0.39 is 32.2 Å². The van der Waals surface area contributed by atoms with Gasteiger partial charge >= 0.3 is 6.18 Å². The summed E-state index contributed by atoms with van der Waals surface area (Å²) in [4.78, 5) is -0.762. The van der Waals surface area contributed by atoms with E-state index in [9.17, 15) is 21.6 Å². The van der Waals surface area contributed by atoms with Gasteiger partial charge in [-0.05, 0) is 25.0 Å². The molecule has 0 bridgehead atoms. The summed E-state index contributed by atoms with van der Waals surface area (Å²) in [6.45, 7) is -0.0540. The highest BCUT2D eigenvalue weighted by atomic mass is 35.5. The average molecular weight is 373 g/mol. The summed E-state index contributed by atoms with van der Waals surface area (Å²) in [5.41, 5.74) is 4.27. The molecule has 0 atom stereocenters. The molecule has 0 radical (unpaired) electrons. The lowest BCUT2D eigenvalue weighted by molar-refractivity contribution is -0.139. The van der Waals surface area contributed by atoms with Gasteiger partial charge in [0.15, 0.2) is 0 Å². The van der Waals surface area contributed by atoms with E-state index >= 15 is 0 Å². The monoisotopic (exact) mass is 372 g/mol. The van der Waals surface area contributed by atoms with Crippen LogP contribution in [0.2, 0.25) is 0 Å². The third-order valence-corrected chi connectivity index (χ3v) is 5.40. The summed E-state index contributed by atoms with van der Waals surface area (Å²) >= 11 is 0. The first kappa shape index (κ1) is 20.2. The van der Waals surface area contributed by atoms with Crippen LogP contribution in [0.15, 0.2) is 29.2 Å². The van der Waals surface area contributed by atoms with Crippen LogP contribution in [0.4, 0.5) is 13.2 Å². The Hall–Kier alpha value is -0.830. The Morgan fingerprint density at radius 2 is 1.70 bits per heavy atom. The van der Waals surface area contributed by atoms with Crippen LogP contribution in [-0.2, 0) is 16.2 Å². The van der Waals surface area contributed by atoms with E-state index in [1.54, 1.807) is 0 Å². The Labute approximate surface area is 140 Å². The van der Waals surface area contributed by atoms with E-state index in [0.717, 1.165) is 37.5 Å². The number of hydrogen-bond donors (Lipinski definition) is 2. The average Bonchev–Trinajstić information content (AvgIpc) is 2.45. The van der Waals surface area contributed by atoms with Crippen LogP contribution in [0.3, 0.4) is 0 Å². The van der Waals surface area contributed by atoms with Crippen molar-refractivity contribution >= 4 is 22.4 Å². The molecule has 1 aromatic rings. The largest absolute Gasteiger partial charge is 0.417 e. The number of halogens is 4. The molecule has 0 aliphatic heterocycles. The van der Waals surface area contributed by atoms with E-state index in [4.69, 9.17) is 5.73 Å². The fourth-order valence-corrected chi connectivity index (χ4v) is 4.05. The van der Waals surface area contributed by atoms with Gasteiger partial charge in [-0.1, -0.05) is 31.4 Å². The Morgan fingerprint density at radius 1 is 1.13 bits per heavy atom. The minimum Gasteiger partial charge on any atom is -0.324 e. The first-order valence-corrected chi connectivity index (χ1v) is 8.57. The number of alkyl halides is 3. The molecule has 4 nitrogen and oxygen atoms in total. The molecule has 3 N–H and O–H groups in total. The first-order valence-electron chi connectivity index (χ1n) is 7.09. The van der Waals surface area contributed by atoms with Crippen molar-refractivity contribution in [2.24, 2.45) is 5.73 Å². The second-order valence-corrected chi connectivity index (χ2v) is 7.48. The highest BCUT2D eigenvalue weighted by Crippen LogP contribution is 2.34. The molecule has 0 saturated heterocycles. The molecule has 132 valence electrons. The van der Waals surface area contributed by atoms with Gasteiger partial charge in [0.1, 0.15) is 0 Å². The van der Waals surface area contributed by atoms with Crippen molar-refractivity contribution in [2.75, 3.05) is 6.54 Å². The van der Waals surface area contributed by atoms with Crippen molar-refractivity contribution in [1.29, 1.82) is 0 Å². The molecule has 1 aliphatic rings. The minimum absolute atomic E-state index is 0. The van der Waals surface area contributed by atoms with Gasteiger partial charge in [-0.3, -0.25) is 0 Å². The van der Waals surface area contributed by atoms with Crippen molar-refractivity contribution in [3.63, 3.8) is 0 Å². The number of hydrogen-bond acceptors (Lipinski definition) is 3. The summed E-state index contributed by atoms with van der Waals surface area (Å²) in [5.74, 6) is 0. The van der Waals surface area contributed by atoms with Crippen molar-refractivity contribution in [3.8, 4) is 0 Å². The summed E-state index contributed by atoms with van der Waals surface area (Å²) < 4.78 is 65.5. The van der Waals surface area contributed by atoms with E-state index in [-0.39, 0.29) is 19.0 Å². The van der Waals surface area contributed by atoms with Crippen LogP contribution in [0, 0.1) is 0 Å².